The Morgan fingerprint density at radius 2 is 2.38 bits per heavy atom. The number of carbonyl (C=O) groups excluding carboxylic acids is 1. The molecule has 2 aromatic rings. The molecule has 0 saturated carbocycles. The molecule has 0 radical (unpaired) electrons. The summed E-state index contributed by atoms with van der Waals surface area (Å²) in [5.41, 5.74) is 3.43. The Morgan fingerprint density at radius 1 is 1.52 bits per heavy atom. The van der Waals surface area contributed by atoms with Crippen LogP contribution in [-0.2, 0) is 16.0 Å². The number of fused-ring (bicyclic) bond motifs is 1. The number of aromatic amines is 1. The number of benzene rings is 1. The summed E-state index contributed by atoms with van der Waals surface area (Å²) in [5, 5.41) is 4.87. The first-order chi connectivity index (χ1) is 10.1. The van der Waals surface area contributed by atoms with Crippen LogP contribution in [0, 0.1) is 12.8 Å². The van der Waals surface area contributed by atoms with Crippen LogP contribution in [0.25, 0.3) is 10.9 Å². The van der Waals surface area contributed by atoms with E-state index in [1.807, 2.05) is 18.2 Å². The molecule has 1 aromatic heterocycles. The highest BCUT2D eigenvalue weighted by molar-refractivity contribution is 6.31. The van der Waals surface area contributed by atoms with Crippen LogP contribution in [-0.4, -0.2) is 30.6 Å². The summed E-state index contributed by atoms with van der Waals surface area (Å²) in [7, 11) is 0. The van der Waals surface area contributed by atoms with Crippen molar-refractivity contribution in [3.8, 4) is 0 Å². The maximum Gasteiger partial charge on any atom is 0.225 e. The quantitative estimate of drug-likeness (QED) is 0.912. The fourth-order valence-corrected chi connectivity index (χ4v) is 3.05. The van der Waals surface area contributed by atoms with Gasteiger partial charge in [-0.3, -0.25) is 4.79 Å². The fourth-order valence-electron chi connectivity index (χ4n) is 2.87. The lowest BCUT2D eigenvalue weighted by atomic mass is 10.1. The molecule has 2 heterocycles. The van der Waals surface area contributed by atoms with E-state index in [-0.39, 0.29) is 11.8 Å². The second-order valence-electron chi connectivity index (χ2n) is 5.52. The zero-order chi connectivity index (χ0) is 14.8. The van der Waals surface area contributed by atoms with Crippen LogP contribution in [0.4, 0.5) is 0 Å². The Hall–Kier alpha value is -1.52. The minimum atomic E-state index is 0.0171. The Bertz CT molecular complexity index is 660. The summed E-state index contributed by atoms with van der Waals surface area (Å²) < 4.78 is 5.24. The van der Waals surface area contributed by atoms with Crippen LogP contribution in [0.2, 0.25) is 5.02 Å². The van der Waals surface area contributed by atoms with Crippen molar-refractivity contribution in [3.05, 3.63) is 34.5 Å². The van der Waals surface area contributed by atoms with E-state index in [9.17, 15) is 4.79 Å². The van der Waals surface area contributed by atoms with Crippen molar-refractivity contribution in [1.29, 1.82) is 0 Å². The van der Waals surface area contributed by atoms with E-state index in [0.29, 0.717) is 19.8 Å². The monoisotopic (exact) mass is 306 g/mol. The van der Waals surface area contributed by atoms with E-state index >= 15 is 0 Å². The van der Waals surface area contributed by atoms with Crippen LogP contribution in [0.5, 0.6) is 0 Å². The lowest BCUT2D eigenvalue weighted by Crippen LogP contribution is -2.32. The molecule has 112 valence electrons. The van der Waals surface area contributed by atoms with Crippen molar-refractivity contribution in [3.63, 3.8) is 0 Å². The SMILES string of the molecule is Cc1[nH]c2ccc(Cl)cc2c1CCNC(=O)C1CCOC1. The van der Waals surface area contributed by atoms with Crippen LogP contribution >= 0.6 is 11.6 Å². The molecular weight excluding hydrogens is 288 g/mol. The number of aryl methyl sites for hydroxylation is 1. The first kappa shape index (κ1) is 14.4. The molecule has 4 nitrogen and oxygen atoms in total. The van der Waals surface area contributed by atoms with Gasteiger partial charge in [-0.1, -0.05) is 11.6 Å². The van der Waals surface area contributed by atoms with Crippen LogP contribution in [0.15, 0.2) is 18.2 Å². The predicted octanol–water partition coefficient (Wildman–Crippen LogP) is 2.82. The average Bonchev–Trinajstić information content (AvgIpc) is 3.08. The Labute approximate surface area is 128 Å². The van der Waals surface area contributed by atoms with Crippen molar-refractivity contribution in [2.75, 3.05) is 19.8 Å². The predicted molar refractivity (Wildman–Crippen MR) is 83.7 cm³/mol. The normalized spacial score (nSPS) is 18.3. The summed E-state index contributed by atoms with van der Waals surface area (Å²) in [6.45, 7) is 3.93. The Balaban J connectivity index is 1.66. The van der Waals surface area contributed by atoms with E-state index in [1.165, 1.54) is 5.56 Å². The molecule has 0 aliphatic carbocycles. The molecule has 1 atom stereocenters. The van der Waals surface area contributed by atoms with Crippen LogP contribution in [0.1, 0.15) is 17.7 Å². The number of nitrogens with one attached hydrogen (secondary N) is 2. The number of hydrogen-bond acceptors (Lipinski definition) is 2. The maximum absolute atomic E-state index is 12.0. The van der Waals surface area contributed by atoms with Gasteiger partial charge in [0, 0.05) is 34.8 Å². The minimum Gasteiger partial charge on any atom is -0.381 e. The summed E-state index contributed by atoms with van der Waals surface area (Å²) in [6, 6.07) is 5.84. The number of carbonyl (C=O) groups is 1. The van der Waals surface area contributed by atoms with Gasteiger partial charge in [0.15, 0.2) is 0 Å². The minimum absolute atomic E-state index is 0.0171. The smallest absolute Gasteiger partial charge is 0.225 e. The van der Waals surface area contributed by atoms with Crippen molar-refractivity contribution < 1.29 is 9.53 Å². The second-order valence-corrected chi connectivity index (χ2v) is 5.96. The molecule has 3 rings (SSSR count). The maximum atomic E-state index is 12.0. The van der Waals surface area contributed by atoms with Gasteiger partial charge >= 0.3 is 0 Å². The summed E-state index contributed by atoms with van der Waals surface area (Å²) in [4.78, 5) is 15.3. The number of aromatic nitrogens is 1. The van der Waals surface area contributed by atoms with Gasteiger partial charge in [0.05, 0.1) is 12.5 Å². The summed E-state index contributed by atoms with van der Waals surface area (Å²) in [5.74, 6) is 0.117. The van der Waals surface area contributed by atoms with Crippen LogP contribution in [0.3, 0.4) is 0 Å². The molecule has 1 aliphatic rings. The number of ether oxygens (including phenoxy) is 1. The van der Waals surface area contributed by atoms with Crippen LogP contribution < -0.4 is 5.32 Å². The van der Waals surface area contributed by atoms with Gasteiger partial charge < -0.3 is 15.0 Å². The molecule has 1 fully saturated rings. The fraction of sp³-hybridized carbons (Fsp3) is 0.438. The Kier molecular flexibility index (Phi) is 4.17. The molecular formula is C16H19ClN2O2. The molecule has 1 aromatic carbocycles. The van der Waals surface area contributed by atoms with Gasteiger partial charge in [-0.15, -0.1) is 0 Å². The van der Waals surface area contributed by atoms with E-state index < -0.39 is 0 Å². The molecule has 1 unspecified atom stereocenters. The van der Waals surface area contributed by atoms with E-state index in [1.54, 1.807) is 0 Å². The molecule has 0 bridgehead atoms. The van der Waals surface area contributed by atoms with E-state index in [0.717, 1.165) is 34.5 Å². The highest BCUT2D eigenvalue weighted by Crippen LogP contribution is 2.25. The number of halogens is 1. The van der Waals surface area contributed by atoms with E-state index in [2.05, 4.69) is 17.2 Å². The average molecular weight is 307 g/mol. The number of hydrogen-bond donors (Lipinski definition) is 2. The lowest BCUT2D eigenvalue weighted by Gasteiger charge is -2.09. The second kappa shape index (κ2) is 6.08. The third-order valence-electron chi connectivity index (χ3n) is 4.06. The van der Waals surface area contributed by atoms with Crippen molar-refractivity contribution >= 4 is 28.4 Å². The molecule has 5 heteroatoms. The molecule has 0 spiro atoms. The first-order valence-electron chi connectivity index (χ1n) is 7.27. The highest BCUT2D eigenvalue weighted by atomic mass is 35.5. The van der Waals surface area contributed by atoms with Gasteiger partial charge in [-0.05, 0) is 43.5 Å². The third-order valence-corrected chi connectivity index (χ3v) is 4.29. The third kappa shape index (κ3) is 3.06. The number of amides is 1. The van der Waals surface area contributed by atoms with Gasteiger partial charge in [-0.25, -0.2) is 0 Å². The van der Waals surface area contributed by atoms with Crippen molar-refractivity contribution in [1.82, 2.24) is 10.3 Å². The molecule has 21 heavy (non-hydrogen) atoms. The van der Waals surface area contributed by atoms with Crippen molar-refractivity contribution in [2.45, 2.75) is 19.8 Å². The highest BCUT2D eigenvalue weighted by Gasteiger charge is 2.23. The van der Waals surface area contributed by atoms with Gasteiger partial charge in [0.25, 0.3) is 0 Å². The Morgan fingerprint density at radius 3 is 3.14 bits per heavy atom. The topological polar surface area (TPSA) is 54.1 Å². The first-order valence-corrected chi connectivity index (χ1v) is 7.65. The zero-order valence-electron chi connectivity index (χ0n) is 12.0. The number of rotatable bonds is 4. The summed E-state index contributed by atoms with van der Waals surface area (Å²) in [6.07, 6.45) is 1.62. The standard InChI is InChI=1S/C16H19ClN2O2/c1-10-13(14-8-12(17)2-3-15(14)19-10)4-6-18-16(20)11-5-7-21-9-11/h2-3,8,11,19H,4-7,9H2,1H3,(H,18,20). The largest absolute Gasteiger partial charge is 0.381 e. The molecule has 1 aliphatic heterocycles. The summed E-state index contributed by atoms with van der Waals surface area (Å²) >= 11 is 6.07. The van der Waals surface area contributed by atoms with Gasteiger partial charge in [0.1, 0.15) is 0 Å². The van der Waals surface area contributed by atoms with Crippen molar-refractivity contribution in [2.24, 2.45) is 5.92 Å². The molecule has 2 N–H and O–H groups in total. The van der Waals surface area contributed by atoms with Gasteiger partial charge in [0.2, 0.25) is 5.91 Å². The molecule has 1 saturated heterocycles. The number of H-pyrrole nitrogens is 1. The molecule has 1 amide bonds. The van der Waals surface area contributed by atoms with E-state index in [4.69, 9.17) is 16.3 Å². The van der Waals surface area contributed by atoms with Gasteiger partial charge in [-0.2, -0.15) is 0 Å². The zero-order valence-corrected chi connectivity index (χ0v) is 12.8. The lowest BCUT2D eigenvalue weighted by molar-refractivity contribution is -0.124.